The summed E-state index contributed by atoms with van der Waals surface area (Å²) in [6.07, 6.45) is 3.54. The van der Waals surface area contributed by atoms with E-state index in [2.05, 4.69) is 15.9 Å². The molecule has 0 bridgehead atoms. The maximum absolute atomic E-state index is 12.3. The van der Waals surface area contributed by atoms with E-state index < -0.39 is 5.97 Å². The Bertz CT molecular complexity index is 842. The number of allylic oxidation sites excluding steroid dienone is 1. The molecule has 0 aliphatic rings. The molecule has 0 saturated carbocycles. The minimum absolute atomic E-state index is 0.0000741. The topological polar surface area (TPSA) is 93.1 Å². The first kappa shape index (κ1) is 20.5. The standard InChI is InChI=1S/C20H19BrO6/c1-26-18-12-13(11-16(21)20(18)25)4-9-17(22)14-5-7-15(8-6-14)27-10-2-3-19(23)24/h4-9,11-12,25H,2-3,10H2,1H3,(H,23,24)/b9-4+. The van der Waals surface area contributed by atoms with E-state index in [4.69, 9.17) is 14.6 Å². The normalized spacial score (nSPS) is 10.7. The summed E-state index contributed by atoms with van der Waals surface area (Å²) >= 11 is 3.24. The molecule has 2 rings (SSSR count). The molecule has 0 amide bonds. The van der Waals surface area contributed by atoms with Gasteiger partial charge in [0.05, 0.1) is 18.2 Å². The molecule has 2 N–H and O–H groups in total. The zero-order valence-corrected chi connectivity index (χ0v) is 16.2. The second-order valence-electron chi connectivity index (χ2n) is 5.62. The van der Waals surface area contributed by atoms with Gasteiger partial charge in [0.1, 0.15) is 5.75 Å². The average molecular weight is 435 g/mol. The van der Waals surface area contributed by atoms with Gasteiger partial charge in [-0.05, 0) is 70.4 Å². The minimum Gasteiger partial charge on any atom is -0.503 e. The second-order valence-corrected chi connectivity index (χ2v) is 6.48. The van der Waals surface area contributed by atoms with Gasteiger partial charge in [0.15, 0.2) is 17.3 Å². The van der Waals surface area contributed by atoms with Crippen LogP contribution in [0, 0.1) is 0 Å². The highest BCUT2D eigenvalue weighted by Gasteiger charge is 2.08. The third-order valence-corrected chi connectivity index (χ3v) is 4.24. The fourth-order valence-electron chi connectivity index (χ4n) is 2.24. The number of rotatable bonds is 9. The summed E-state index contributed by atoms with van der Waals surface area (Å²) in [5, 5.41) is 18.4. The summed E-state index contributed by atoms with van der Waals surface area (Å²) in [7, 11) is 1.45. The number of ether oxygens (including phenoxy) is 2. The molecule has 142 valence electrons. The lowest BCUT2D eigenvalue weighted by Crippen LogP contribution is -2.02. The van der Waals surface area contributed by atoms with Crippen molar-refractivity contribution in [1.29, 1.82) is 0 Å². The number of methoxy groups -OCH3 is 1. The molecule has 0 spiro atoms. The van der Waals surface area contributed by atoms with Crippen molar-refractivity contribution < 1.29 is 29.3 Å². The van der Waals surface area contributed by atoms with Gasteiger partial charge in [0.2, 0.25) is 0 Å². The molecular formula is C20H19BrO6. The van der Waals surface area contributed by atoms with E-state index in [9.17, 15) is 14.7 Å². The van der Waals surface area contributed by atoms with Gasteiger partial charge in [-0.25, -0.2) is 0 Å². The molecule has 0 aliphatic carbocycles. The van der Waals surface area contributed by atoms with E-state index in [0.29, 0.717) is 40.1 Å². The number of benzene rings is 2. The van der Waals surface area contributed by atoms with Crippen molar-refractivity contribution in [3.8, 4) is 17.2 Å². The molecule has 0 aromatic heterocycles. The predicted molar refractivity (Wildman–Crippen MR) is 105 cm³/mol. The fourth-order valence-corrected chi connectivity index (χ4v) is 2.70. The first-order chi connectivity index (χ1) is 12.9. The Labute approximate surface area is 165 Å². The largest absolute Gasteiger partial charge is 0.503 e. The van der Waals surface area contributed by atoms with Crippen LogP contribution in [0.4, 0.5) is 0 Å². The van der Waals surface area contributed by atoms with Gasteiger partial charge < -0.3 is 19.7 Å². The van der Waals surface area contributed by atoms with Crippen molar-refractivity contribution in [3.05, 3.63) is 58.1 Å². The van der Waals surface area contributed by atoms with Crippen LogP contribution in [0.25, 0.3) is 6.08 Å². The second kappa shape index (κ2) is 9.78. The number of aliphatic carboxylic acids is 1. The van der Waals surface area contributed by atoms with Crippen LogP contribution in [0.2, 0.25) is 0 Å². The van der Waals surface area contributed by atoms with Gasteiger partial charge in [-0.3, -0.25) is 9.59 Å². The van der Waals surface area contributed by atoms with Crippen molar-refractivity contribution >= 4 is 33.8 Å². The lowest BCUT2D eigenvalue weighted by molar-refractivity contribution is -0.137. The Hall–Kier alpha value is -2.80. The molecule has 0 fully saturated rings. The van der Waals surface area contributed by atoms with Gasteiger partial charge in [0, 0.05) is 12.0 Å². The van der Waals surface area contributed by atoms with Crippen LogP contribution in [0.3, 0.4) is 0 Å². The summed E-state index contributed by atoms with van der Waals surface area (Å²) in [4.78, 5) is 22.7. The van der Waals surface area contributed by atoms with Gasteiger partial charge in [-0.1, -0.05) is 6.08 Å². The molecule has 0 atom stereocenters. The SMILES string of the molecule is COc1cc(/C=C/C(=O)c2ccc(OCCCC(=O)O)cc2)cc(Br)c1O. The number of hydrogen-bond donors (Lipinski definition) is 2. The number of carbonyl (C=O) groups excluding carboxylic acids is 1. The average Bonchev–Trinajstić information content (AvgIpc) is 2.66. The maximum Gasteiger partial charge on any atom is 0.303 e. The van der Waals surface area contributed by atoms with E-state index in [0.717, 1.165) is 0 Å². The number of carboxylic acids is 1. The maximum atomic E-state index is 12.3. The smallest absolute Gasteiger partial charge is 0.303 e. The van der Waals surface area contributed by atoms with Crippen LogP contribution in [-0.2, 0) is 4.79 Å². The molecule has 0 saturated heterocycles. The number of carboxylic acid groups (broad SMARTS) is 1. The number of ketones is 1. The van der Waals surface area contributed by atoms with Crippen LogP contribution in [-0.4, -0.2) is 35.7 Å². The van der Waals surface area contributed by atoms with E-state index in [1.54, 1.807) is 42.5 Å². The molecule has 0 heterocycles. The molecule has 2 aromatic rings. The number of aromatic hydroxyl groups is 1. The summed E-state index contributed by atoms with van der Waals surface area (Å²) in [5.74, 6) is -0.158. The zero-order valence-electron chi connectivity index (χ0n) is 14.6. The van der Waals surface area contributed by atoms with E-state index in [1.165, 1.54) is 13.2 Å². The van der Waals surface area contributed by atoms with Gasteiger partial charge in [-0.15, -0.1) is 0 Å². The quantitative estimate of drug-likeness (QED) is 0.347. The van der Waals surface area contributed by atoms with Gasteiger partial charge in [0.25, 0.3) is 0 Å². The van der Waals surface area contributed by atoms with E-state index >= 15 is 0 Å². The third-order valence-electron chi connectivity index (χ3n) is 3.64. The van der Waals surface area contributed by atoms with Crippen molar-refractivity contribution in [2.45, 2.75) is 12.8 Å². The van der Waals surface area contributed by atoms with Crippen molar-refractivity contribution in [2.75, 3.05) is 13.7 Å². The molecule has 0 aliphatic heterocycles. The molecule has 6 nitrogen and oxygen atoms in total. The fraction of sp³-hybridized carbons (Fsp3) is 0.200. The third kappa shape index (κ3) is 6.14. The first-order valence-electron chi connectivity index (χ1n) is 8.14. The van der Waals surface area contributed by atoms with Crippen molar-refractivity contribution in [1.82, 2.24) is 0 Å². The molecule has 0 radical (unpaired) electrons. The molecule has 27 heavy (non-hydrogen) atoms. The molecular weight excluding hydrogens is 416 g/mol. The Balaban J connectivity index is 1.98. The Morgan fingerprint density at radius 3 is 2.52 bits per heavy atom. The predicted octanol–water partition coefficient (Wildman–Crippen LogP) is 4.30. The number of carbonyl (C=O) groups is 2. The minimum atomic E-state index is -0.857. The van der Waals surface area contributed by atoms with Crippen molar-refractivity contribution in [3.63, 3.8) is 0 Å². The number of hydrogen-bond acceptors (Lipinski definition) is 5. The lowest BCUT2D eigenvalue weighted by Gasteiger charge is -2.06. The van der Waals surface area contributed by atoms with Crippen LogP contribution in [0.15, 0.2) is 46.9 Å². The van der Waals surface area contributed by atoms with Crippen LogP contribution in [0.1, 0.15) is 28.8 Å². The van der Waals surface area contributed by atoms with Gasteiger partial charge in [-0.2, -0.15) is 0 Å². The van der Waals surface area contributed by atoms with Crippen molar-refractivity contribution in [2.24, 2.45) is 0 Å². The van der Waals surface area contributed by atoms with Crippen LogP contribution >= 0.6 is 15.9 Å². The Morgan fingerprint density at radius 2 is 1.89 bits per heavy atom. The lowest BCUT2D eigenvalue weighted by atomic mass is 10.1. The zero-order chi connectivity index (χ0) is 19.8. The number of phenolic OH excluding ortho intramolecular Hbond substituents is 1. The summed E-state index contributed by atoms with van der Waals surface area (Å²) < 4.78 is 11.0. The highest BCUT2D eigenvalue weighted by atomic mass is 79.9. The van der Waals surface area contributed by atoms with E-state index in [1.807, 2.05) is 0 Å². The highest BCUT2D eigenvalue weighted by molar-refractivity contribution is 9.10. The van der Waals surface area contributed by atoms with Crippen LogP contribution < -0.4 is 9.47 Å². The molecule has 7 heteroatoms. The van der Waals surface area contributed by atoms with Gasteiger partial charge >= 0.3 is 5.97 Å². The monoisotopic (exact) mass is 434 g/mol. The number of halogens is 1. The molecule has 0 unspecified atom stereocenters. The Kier molecular flexibility index (Phi) is 7.43. The first-order valence-corrected chi connectivity index (χ1v) is 8.93. The summed E-state index contributed by atoms with van der Waals surface area (Å²) in [6, 6.07) is 9.93. The summed E-state index contributed by atoms with van der Waals surface area (Å²) in [6.45, 7) is 0.303. The van der Waals surface area contributed by atoms with Crippen LogP contribution in [0.5, 0.6) is 17.2 Å². The summed E-state index contributed by atoms with van der Waals surface area (Å²) in [5.41, 5.74) is 1.19. The molecule has 2 aromatic carbocycles. The Morgan fingerprint density at radius 1 is 1.19 bits per heavy atom. The number of phenols is 1. The van der Waals surface area contributed by atoms with E-state index in [-0.39, 0.29) is 18.0 Å². The highest BCUT2D eigenvalue weighted by Crippen LogP contribution is 2.35.